The van der Waals surface area contributed by atoms with E-state index in [2.05, 4.69) is 11.9 Å². The molecule has 4 rings (SSSR count). The molecule has 1 N–H and O–H groups in total. The summed E-state index contributed by atoms with van der Waals surface area (Å²) in [6.07, 6.45) is 4.17. The Morgan fingerprint density at radius 2 is 1.73 bits per heavy atom. The number of carbonyl (C=O) groups excluding carboxylic acids is 2. The third-order valence-electron chi connectivity index (χ3n) is 5.76. The van der Waals surface area contributed by atoms with Gasteiger partial charge >= 0.3 is 0 Å². The van der Waals surface area contributed by atoms with Crippen molar-refractivity contribution in [2.75, 3.05) is 6.61 Å². The number of aliphatic hydroxyl groups excluding tert-OH is 1. The van der Waals surface area contributed by atoms with Gasteiger partial charge in [0.1, 0.15) is 11.5 Å². The molecule has 1 amide bonds. The molecule has 1 aliphatic rings. The number of pyridine rings is 1. The first-order valence-corrected chi connectivity index (χ1v) is 11.0. The summed E-state index contributed by atoms with van der Waals surface area (Å²) >= 11 is 0. The standard InChI is InChI=1S/C27H26N2O4/c1-3-18-8-10-20(11-9-18)24-23(25(30)21-6-5-7-22(16-21)33-4-2)26(31)27(32)29(24)17-19-12-14-28-15-13-19/h5-16,24,30H,3-4,17H2,1-2H3/b25-23+. The van der Waals surface area contributed by atoms with E-state index in [0.29, 0.717) is 17.9 Å². The van der Waals surface area contributed by atoms with Crippen LogP contribution in [0.1, 0.15) is 42.1 Å². The molecule has 2 aromatic carbocycles. The summed E-state index contributed by atoms with van der Waals surface area (Å²) in [7, 11) is 0. The third kappa shape index (κ3) is 4.51. The predicted molar refractivity (Wildman–Crippen MR) is 126 cm³/mol. The summed E-state index contributed by atoms with van der Waals surface area (Å²) in [5.74, 6) is -0.972. The number of hydrogen-bond donors (Lipinski definition) is 1. The maximum absolute atomic E-state index is 13.2. The Hall–Kier alpha value is -3.93. The van der Waals surface area contributed by atoms with Crippen LogP contribution in [0, 0.1) is 0 Å². The lowest BCUT2D eigenvalue weighted by Gasteiger charge is -2.25. The number of aromatic nitrogens is 1. The molecule has 33 heavy (non-hydrogen) atoms. The quantitative estimate of drug-likeness (QED) is 0.327. The van der Waals surface area contributed by atoms with Crippen molar-refractivity contribution in [3.8, 4) is 5.75 Å². The van der Waals surface area contributed by atoms with Crippen molar-refractivity contribution >= 4 is 17.4 Å². The Kier molecular flexibility index (Phi) is 6.54. The van der Waals surface area contributed by atoms with E-state index in [9.17, 15) is 14.7 Å². The third-order valence-corrected chi connectivity index (χ3v) is 5.76. The molecule has 1 unspecified atom stereocenters. The van der Waals surface area contributed by atoms with Crippen molar-refractivity contribution in [1.82, 2.24) is 9.88 Å². The average molecular weight is 443 g/mol. The SMILES string of the molecule is CCOc1cccc(/C(O)=C2\C(=O)C(=O)N(Cc3ccncc3)C2c2ccc(CC)cc2)c1. The molecule has 168 valence electrons. The van der Waals surface area contributed by atoms with E-state index in [1.807, 2.05) is 43.3 Å². The largest absolute Gasteiger partial charge is 0.507 e. The number of nitrogens with zero attached hydrogens (tertiary/aromatic N) is 2. The van der Waals surface area contributed by atoms with E-state index >= 15 is 0 Å². The monoisotopic (exact) mass is 442 g/mol. The first-order valence-electron chi connectivity index (χ1n) is 11.0. The van der Waals surface area contributed by atoms with E-state index < -0.39 is 17.7 Å². The second-order valence-electron chi connectivity index (χ2n) is 7.84. The summed E-state index contributed by atoms with van der Waals surface area (Å²) in [5.41, 5.74) is 3.27. The fraction of sp³-hybridized carbons (Fsp3) is 0.222. The van der Waals surface area contributed by atoms with Gasteiger partial charge in [0.05, 0.1) is 18.2 Å². The van der Waals surface area contributed by atoms with E-state index in [1.54, 1.807) is 36.7 Å². The van der Waals surface area contributed by atoms with E-state index in [0.717, 1.165) is 23.1 Å². The minimum atomic E-state index is -0.708. The number of carbonyl (C=O) groups is 2. The number of Topliss-reactive ketones (excluding diaryl/α,β-unsaturated/α-hetero) is 1. The molecule has 0 spiro atoms. The fourth-order valence-corrected chi connectivity index (χ4v) is 4.07. The van der Waals surface area contributed by atoms with Gasteiger partial charge in [-0.15, -0.1) is 0 Å². The molecule has 6 heteroatoms. The average Bonchev–Trinajstić information content (AvgIpc) is 3.09. The van der Waals surface area contributed by atoms with Gasteiger partial charge in [0.25, 0.3) is 11.7 Å². The number of ether oxygens (including phenoxy) is 1. The lowest BCUT2D eigenvalue weighted by molar-refractivity contribution is -0.140. The highest BCUT2D eigenvalue weighted by molar-refractivity contribution is 6.46. The summed E-state index contributed by atoms with van der Waals surface area (Å²) in [6, 6.07) is 17.6. The zero-order valence-electron chi connectivity index (χ0n) is 18.7. The molecule has 6 nitrogen and oxygen atoms in total. The molecule has 0 radical (unpaired) electrons. The van der Waals surface area contributed by atoms with Crippen LogP contribution in [0.4, 0.5) is 0 Å². The molecule has 1 saturated heterocycles. The molecule has 0 bridgehead atoms. The molecule has 1 aromatic heterocycles. The number of likely N-dealkylation sites (tertiary alicyclic amines) is 1. The van der Waals surface area contributed by atoms with E-state index in [1.165, 1.54) is 4.90 Å². The zero-order chi connectivity index (χ0) is 23.4. The van der Waals surface area contributed by atoms with Crippen molar-refractivity contribution < 1.29 is 19.4 Å². The van der Waals surface area contributed by atoms with Gasteiger partial charge in [-0.1, -0.05) is 43.3 Å². The maximum atomic E-state index is 13.2. The van der Waals surface area contributed by atoms with Crippen LogP contribution in [0.2, 0.25) is 0 Å². The van der Waals surface area contributed by atoms with Crippen LogP contribution < -0.4 is 4.74 Å². The van der Waals surface area contributed by atoms with Crippen LogP contribution in [-0.4, -0.2) is 33.3 Å². The lowest BCUT2D eigenvalue weighted by Crippen LogP contribution is -2.29. The minimum absolute atomic E-state index is 0.0759. The van der Waals surface area contributed by atoms with Gasteiger partial charge in [0.15, 0.2) is 0 Å². The molecule has 0 aliphatic carbocycles. The van der Waals surface area contributed by atoms with Crippen LogP contribution in [0.5, 0.6) is 5.75 Å². The number of benzene rings is 2. The first-order chi connectivity index (χ1) is 16.0. The highest BCUT2D eigenvalue weighted by atomic mass is 16.5. The lowest BCUT2D eigenvalue weighted by atomic mass is 9.94. The molecule has 1 fully saturated rings. The van der Waals surface area contributed by atoms with Crippen molar-refractivity contribution in [2.24, 2.45) is 0 Å². The van der Waals surface area contributed by atoms with Crippen LogP contribution >= 0.6 is 0 Å². The maximum Gasteiger partial charge on any atom is 0.295 e. The molecular formula is C27H26N2O4. The molecular weight excluding hydrogens is 416 g/mol. The minimum Gasteiger partial charge on any atom is -0.507 e. The van der Waals surface area contributed by atoms with Crippen molar-refractivity contribution in [3.63, 3.8) is 0 Å². The van der Waals surface area contributed by atoms with E-state index in [4.69, 9.17) is 4.74 Å². The van der Waals surface area contributed by atoms with Crippen LogP contribution in [0.3, 0.4) is 0 Å². The Balaban J connectivity index is 1.84. The second-order valence-corrected chi connectivity index (χ2v) is 7.84. The molecule has 2 heterocycles. The number of amides is 1. The van der Waals surface area contributed by atoms with E-state index in [-0.39, 0.29) is 17.9 Å². The smallest absolute Gasteiger partial charge is 0.295 e. The normalized spacial score (nSPS) is 17.4. The van der Waals surface area contributed by atoms with Gasteiger partial charge in [-0.25, -0.2) is 0 Å². The highest BCUT2D eigenvalue weighted by Gasteiger charge is 2.46. The summed E-state index contributed by atoms with van der Waals surface area (Å²) < 4.78 is 5.54. The van der Waals surface area contributed by atoms with Gasteiger partial charge < -0.3 is 14.7 Å². The van der Waals surface area contributed by atoms with Crippen LogP contribution in [0.25, 0.3) is 5.76 Å². The van der Waals surface area contributed by atoms with Gasteiger partial charge in [-0.2, -0.15) is 0 Å². The molecule has 1 atom stereocenters. The topological polar surface area (TPSA) is 79.7 Å². The van der Waals surface area contributed by atoms with Gasteiger partial charge in [-0.05, 0) is 54.3 Å². The molecule has 3 aromatic rings. The highest BCUT2D eigenvalue weighted by Crippen LogP contribution is 2.40. The van der Waals surface area contributed by atoms with Crippen LogP contribution in [-0.2, 0) is 22.6 Å². The Morgan fingerprint density at radius 3 is 2.39 bits per heavy atom. The van der Waals surface area contributed by atoms with Crippen LogP contribution in [0.15, 0.2) is 78.6 Å². The zero-order valence-corrected chi connectivity index (χ0v) is 18.7. The van der Waals surface area contributed by atoms with Gasteiger partial charge in [-0.3, -0.25) is 14.6 Å². The Labute approximate surface area is 193 Å². The number of hydrogen-bond acceptors (Lipinski definition) is 5. The van der Waals surface area contributed by atoms with Gasteiger partial charge in [0, 0.05) is 24.5 Å². The Morgan fingerprint density at radius 1 is 1.00 bits per heavy atom. The second kappa shape index (κ2) is 9.69. The summed E-state index contributed by atoms with van der Waals surface area (Å²) in [5, 5.41) is 11.2. The number of aryl methyl sites for hydroxylation is 1. The summed E-state index contributed by atoms with van der Waals surface area (Å²) in [6.45, 7) is 4.64. The number of rotatable bonds is 7. The predicted octanol–water partition coefficient (Wildman–Crippen LogP) is 4.66. The number of ketones is 1. The van der Waals surface area contributed by atoms with Crippen molar-refractivity contribution in [3.05, 3.63) is 101 Å². The van der Waals surface area contributed by atoms with Crippen molar-refractivity contribution in [2.45, 2.75) is 32.9 Å². The summed E-state index contributed by atoms with van der Waals surface area (Å²) in [4.78, 5) is 31.8. The molecule has 0 saturated carbocycles. The Bertz CT molecular complexity index is 1190. The fourth-order valence-electron chi connectivity index (χ4n) is 4.07. The van der Waals surface area contributed by atoms with Gasteiger partial charge in [0.2, 0.25) is 0 Å². The number of aliphatic hydroxyl groups is 1. The molecule has 1 aliphatic heterocycles. The van der Waals surface area contributed by atoms with Crippen molar-refractivity contribution in [1.29, 1.82) is 0 Å². The first kappa shape index (κ1) is 22.3.